The van der Waals surface area contributed by atoms with Gasteiger partial charge in [0.2, 0.25) is 0 Å². The molecule has 1 heterocycles. The van der Waals surface area contributed by atoms with Crippen molar-refractivity contribution in [1.29, 1.82) is 0 Å². The molecule has 0 bridgehead atoms. The van der Waals surface area contributed by atoms with Crippen molar-refractivity contribution in [3.05, 3.63) is 99.2 Å². The molecule has 2 unspecified atom stereocenters. The molecule has 0 amide bonds. The summed E-state index contributed by atoms with van der Waals surface area (Å²) in [6.07, 6.45) is 5.73. The van der Waals surface area contributed by atoms with Crippen molar-refractivity contribution in [3.8, 4) is 0 Å². The molecule has 2 aromatic carbocycles. The third-order valence-electron chi connectivity index (χ3n) is 5.06. The number of aromatic carboxylic acids is 1. The Morgan fingerprint density at radius 1 is 1.07 bits per heavy atom. The number of carbonyl (C=O) groups excluding carboxylic acids is 1. The zero-order valence-electron chi connectivity index (χ0n) is 15.2. The summed E-state index contributed by atoms with van der Waals surface area (Å²) in [5.41, 5.74) is -0.0227. The van der Waals surface area contributed by atoms with Gasteiger partial charge in [-0.3, -0.25) is 4.79 Å². The van der Waals surface area contributed by atoms with Gasteiger partial charge in [0.15, 0.2) is 5.78 Å². The van der Waals surface area contributed by atoms with Crippen LogP contribution in [0.2, 0.25) is 10.0 Å². The number of allylic oxidation sites excluding steroid dienone is 2. The van der Waals surface area contributed by atoms with E-state index in [2.05, 4.69) is 0 Å². The molecule has 4 nitrogen and oxygen atoms in total. The Hall–Kier alpha value is -2.96. The Bertz CT molecular complexity index is 1150. The summed E-state index contributed by atoms with van der Waals surface area (Å²) in [6.45, 7) is 0. The highest BCUT2D eigenvalue weighted by atomic mass is 35.5. The summed E-state index contributed by atoms with van der Waals surface area (Å²) in [5, 5.41) is 9.35. The molecule has 1 aliphatic carbocycles. The molecule has 0 saturated carbocycles. The molecule has 0 fully saturated rings. The number of carbonyl (C=O) groups is 2. The Balaban J connectivity index is 1.82. The third kappa shape index (κ3) is 3.32. The van der Waals surface area contributed by atoms with Crippen LogP contribution in [0.25, 0.3) is 0 Å². The highest BCUT2D eigenvalue weighted by Crippen LogP contribution is 2.43. The highest BCUT2D eigenvalue weighted by Gasteiger charge is 2.42. The minimum atomic E-state index is -1.29. The summed E-state index contributed by atoms with van der Waals surface area (Å²) < 4.78 is 29.5. The van der Waals surface area contributed by atoms with E-state index in [1.54, 1.807) is 12.1 Å². The first-order chi connectivity index (χ1) is 14.3. The molecular weight excluding hydrogens is 435 g/mol. The van der Waals surface area contributed by atoms with E-state index in [0.29, 0.717) is 0 Å². The van der Waals surface area contributed by atoms with E-state index in [0.717, 1.165) is 6.07 Å². The summed E-state index contributed by atoms with van der Waals surface area (Å²) in [7, 11) is 0. The fourth-order valence-corrected chi connectivity index (χ4v) is 4.25. The lowest BCUT2D eigenvalue weighted by Crippen LogP contribution is -2.34. The van der Waals surface area contributed by atoms with Gasteiger partial charge in [-0.15, -0.1) is 0 Å². The van der Waals surface area contributed by atoms with Crippen LogP contribution in [0, 0.1) is 11.7 Å². The highest BCUT2D eigenvalue weighted by molar-refractivity contribution is 6.41. The number of hydrogen-bond acceptors (Lipinski definition) is 3. The Morgan fingerprint density at radius 2 is 1.77 bits per heavy atom. The van der Waals surface area contributed by atoms with Crippen molar-refractivity contribution in [1.82, 2.24) is 0 Å². The molecule has 0 aromatic heterocycles. The average molecular weight is 448 g/mol. The standard InChI is InChI=1S/C22H13Cl2F2NO3/c23-14-4-2-5-15(24)19(14)21(28)13-10-27(20-12(13)3-1-6-16(20)25)18-8-7-11(22(29)30)9-17(18)26/h1-10,12,20H,(H,29,30). The van der Waals surface area contributed by atoms with Crippen LogP contribution in [0.1, 0.15) is 20.7 Å². The number of fused-ring (bicyclic) bond motifs is 1. The quantitative estimate of drug-likeness (QED) is 0.599. The van der Waals surface area contributed by atoms with Crippen molar-refractivity contribution in [3.63, 3.8) is 0 Å². The summed E-state index contributed by atoms with van der Waals surface area (Å²) in [4.78, 5) is 25.6. The van der Waals surface area contributed by atoms with Crippen molar-refractivity contribution >= 4 is 40.6 Å². The first-order valence-corrected chi connectivity index (χ1v) is 9.60. The molecule has 2 atom stereocenters. The lowest BCUT2D eigenvalue weighted by molar-refractivity contribution is 0.0696. The maximum atomic E-state index is 14.8. The van der Waals surface area contributed by atoms with Crippen LogP contribution in [-0.2, 0) is 0 Å². The second-order valence-electron chi connectivity index (χ2n) is 6.80. The molecule has 2 aliphatic rings. The van der Waals surface area contributed by atoms with Gasteiger partial charge in [-0.05, 0) is 36.4 Å². The largest absolute Gasteiger partial charge is 0.478 e. The number of Topliss-reactive ketones (excluding diaryl/α,β-unsaturated/α-hetero) is 1. The number of carboxylic acid groups (broad SMARTS) is 1. The van der Waals surface area contributed by atoms with Crippen molar-refractivity contribution in [2.24, 2.45) is 5.92 Å². The minimum absolute atomic E-state index is 0.0538. The van der Waals surface area contributed by atoms with Crippen LogP contribution in [0.5, 0.6) is 0 Å². The lowest BCUT2D eigenvalue weighted by Gasteiger charge is -2.29. The van der Waals surface area contributed by atoms with Crippen molar-refractivity contribution in [2.75, 3.05) is 4.90 Å². The molecule has 0 radical (unpaired) electrons. The number of ketones is 1. The molecular formula is C22H13Cl2F2NO3. The predicted octanol–water partition coefficient (Wildman–Crippen LogP) is 5.83. The number of anilines is 1. The number of halogens is 4. The van der Waals surface area contributed by atoms with Crippen LogP contribution >= 0.6 is 23.2 Å². The maximum Gasteiger partial charge on any atom is 0.335 e. The van der Waals surface area contributed by atoms with Crippen molar-refractivity contribution < 1.29 is 23.5 Å². The van der Waals surface area contributed by atoms with E-state index >= 15 is 0 Å². The molecule has 0 saturated heterocycles. The summed E-state index contributed by atoms with van der Waals surface area (Å²) in [5.74, 6) is -3.89. The Labute approximate surface area is 180 Å². The lowest BCUT2D eigenvalue weighted by atomic mass is 9.86. The SMILES string of the molecule is O=C(O)c1ccc(N2C=C(C(=O)c3c(Cl)cccc3Cl)C3C=CC=C(F)C32)c(F)c1. The van der Waals surface area contributed by atoms with Crippen LogP contribution < -0.4 is 4.90 Å². The molecule has 152 valence electrons. The van der Waals surface area contributed by atoms with E-state index in [1.807, 2.05) is 0 Å². The maximum absolute atomic E-state index is 14.8. The molecule has 2 aromatic rings. The van der Waals surface area contributed by atoms with E-state index in [1.165, 1.54) is 47.5 Å². The second kappa shape index (κ2) is 7.70. The fourth-order valence-electron chi connectivity index (χ4n) is 3.68. The second-order valence-corrected chi connectivity index (χ2v) is 7.61. The van der Waals surface area contributed by atoms with Gasteiger partial charge >= 0.3 is 5.97 Å². The van der Waals surface area contributed by atoms with E-state index in [4.69, 9.17) is 28.3 Å². The average Bonchev–Trinajstić information content (AvgIpc) is 3.08. The van der Waals surface area contributed by atoms with Gasteiger partial charge in [0.05, 0.1) is 32.9 Å². The summed E-state index contributed by atoms with van der Waals surface area (Å²) >= 11 is 12.3. The Kier molecular flexibility index (Phi) is 5.22. The number of benzene rings is 2. The van der Waals surface area contributed by atoms with Gasteiger partial charge in [-0.25, -0.2) is 13.6 Å². The monoisotopic (exact) mass is 447 g/mol. The fraction of sp³-hybridized carbons (Fsp3) is 0.0909. The van der Waals surface area contributed by atoms with Crippen LogP contribution in [-0.4, -0.2) is 22.9 Å². The van der Waals surface area contributed by atoms with Gasteiger partial charge in [0.25, 0.3) is 0 Å². The predicted molar refractivity (Wildman–Crippen MR) is 110 cm³/mol. The first kappa shape index (κ1) is 20.3. The van der Waals surface area contributed by atoms with Gasteiger partial charge in [0, 0.05) is 17.7 Å². The van der Waals surface area contributed by atoms with Gasteiger partial charge in [0.1, 0.15) is 11.6 Å². The third-order valence-corrected chi connectivity index (χ3v) is 5.69. The smallest absolute Gasteiger partial charge is 0.335 e. The normalized spacial score (nSPS) is 19.9. The molecule has 1 N–H and O–H groups in total. The minimum Gasteiger partial charge on any atom is -0.478 e. The number of carboxylic acids is 1. The molecule has 0 spiro atoms. The van der Waals surface area contributed by atoms with Crippen LogP contribution in [0.3, 0.4) is 0 Å². The van der Waals surface area contributed by atoms with E-state index < -0.39 is 35.4 Å². The van der Waals surface area contributed by atoms with Crippen LogP contribution in [0.4, 0.5) is 14.5 Å². The van der Waals surface area contributed by atoms with Crippen LogP contribution in [0.15, 0.2) is 72.2 Å². The van der Waals surface area contributed by atoms with Gasteiger partial charge < -0.3 is 10.0 Å². The first-order valence-electron chi connectivity index (χ1n) is 8.85. The number of nitrogens with zero attached hydrogens (tertiary/aromatic N) is 1. The topological polar surface area (TPSA) is 57.6 Å². The Morgan fingerprint density at radius 3 is 2.40 bits per heavy atom. The molecule has 1 aliphatic heterocycles. The number of rotatable bonds is 4. The zero-order valence-corrected chi connectivity index (χ0v) is 16.7. The van der Waals surface area contributed by atoms with Crippen molar-refractivity contribution in [2.45, 2.75) is 6.04 Å². The summed E-state index contributed by atoms with van der Waals surface area (Å²) in [6, 6.07) is 6.97. The van der Waals surface area contributed by atoms with E-state index in [-0.39, 0.29) is 32.4 Å². The van der Waals surface area contributed by atoms with Gasteiger partial charge in [-0.1, -0.05) is 41.4 Å². The molecule has 30 heavy (non-hydrogen) atoms. The van der Waals surface area contributed by atoms with E-state index in [9.17, 15) is 18.4 Å². The van der Waals surface area contributed by atoms with Gasteiger partial charge in [-0.2, -0.15) is 0 Å². The zero-order chi connectivity index (χ0) is 21.6. The molecule has 4 rings (SSSR count). The number of hydrogen-bond donors (Lipinski definition) is 1. The molecule has 8 heteroatoms.